The van der Waals surface area contributed by atoms with Crippen molar-refractivity contribution >= 4 is 17.0 Å². The number of hydrogen-bond donors (Lipinski definition) is 1. The van der Waals surface area contributed by atoms with E-state index >= 15 is 0 Å². The van der Waals surface area contributed by atoms with Crippen LogP contribution in [0.1, 0.15) is 12.0 Å². The lowest BCUT2D eigenvalue weighted by Crippen LogP contribution is -2.27. The fourth-order valence-electron chi connectivity index (χ4n) is 1.95. The summed E-state index contributed by atoms with van der Waals surface area (Å²) in [6.45, 7) is 0.809. The van der Waals surface area contributed by atoms with Gasteiger partial charge in [0.2, 0.25) is 5.91 Å². The summed E-state index contributed by atoms with van der Waals surface area (Å²) in [6, 6.07) is 5.48. The Balaban J connectivity index is 2.22. The Kier molecular flexibility index (Phi) is 3.71. The molecule has 1 aromatic carbocycles. The van der Waals surface area contributed by atoms with Crippen molar-refractivity contribution in [1.29, 1.82) is 0 Å². The van der Waals surface area contributed by atoms with Crippen molar-refractivity contribution in [2.75, 3.05) is 13.6 Å². The van der Waals surface area contributed by atoms with E-state index in [0.717, 1.165) is 11.1 Å². The van der Waals surface area contributed by atoms with Gasteiger partial charge in [0.15, 0.2) is 5.58 Å². The van der Waals surface area contributed by atoms with E-state index < -0.39 is 0 Å². The lowest BCUT2D eigenvalue weighted by Gasteiger charge is -2.16. The van der Waals surface area contributed by atoms with Crippen LogP contribution in [0.15, 0.2) is 27.4 Å². The first-order chi connectivity index (χ1) is 9.02. The summed E-state index contributed by atoms with van der Waals surface area (Å²) in [5.41, 5.74) is 7.54. The first kappa shape index (κ1) is 13.4. The highest BCUT2D eigenvalue weighted by molar-refractivity contribution is 5.77. The van der Waals surface area contributed by atoms with Gasteiger partial charge in [-0.3, -0.25) is 9.36 Å². The fraction of sp³-hybridized carbons (Fsp3) is 0.385. The minimum atomic E-state index is -0.389. The number of aromatic nitrogens is 1. The molecule has 0 spiro atoms. The van der Waals surface area contributed by atoms with Crippen LogP contribution >= 0.6 is 0 Å². The Hall–Kier alpha value is -2.08. The van der Waals surface area contributed by atoms with E-state index in [1.54, 1.807) is 25.1 Å². The Labute approximate surface area is 110 Å². The summed E-state index contributed by atoms with van der Waals surface area (Å²) in [5, 5.41) is 0. The number of hydrogen-bond acceptors (Lipinski definition) is 4. The zero-order valence-corrected chi connectivity index (χ0v) is 11.0. The number of carbonyl (C=O) groups is 1. The summed E-state index contributed by atoms with van der Waals surface area (Å²) in [7, 11) is 3.38. The van der Waals surface area contributed by atoms with Crippen molar-refractivity contribution in [3.8, 4) is 0 Å². The maximum Gasteiger partial charge on any atom is 0.419 e. The second kappa shape index (κ2) is 5.27. The van der Waals surface area contributed by atoms with Gasteiger partial charge in [0.05, 0.1) is 5.52 Å². The third kappa shape index (κ3) is 2.68. The van der Waals surface area contributed by atoms with Crippen LogP contribution in [0.4, 0.5) is 0 Å². The summed E-state index contributed by atoms with van der Waals surface area (Å²) in [5.74, 6) is -0.392. The van der Waals surface area contributed by atoms with Crippen LogP contribution in [0.5, 0.6) is 0 Å². The van der Waals surface area contributed by atoms with Crippen LogP contribution < -0.4 is 11.5 Å². The van der Waals surface area contributed by atoms with Crippen LogP contribution in [0, 0.1) is 0 Å². The predicted octanol–water partition coefficient (Wildman–Crippen LogP) is 0.439. The molecular formula is C13H17N3O3. The smallest absolute Gasteiger partial charge is 0.408 e. The molecule has 1 heterocycles. The van der Waals surface area contributed by atoms with Crippen LogP contribution in [0.25, 0.3) is 11.1 Å². The number of carbonyl (C=O) groups excluding carboxylic acids is 1. The topological polar surface area (TPSA) is 81.5 Å². The molecule has 1 amide bonds. The third-order valence-electron chi connectivity index (χ3n) is 3.06. The van der Waals surface area contributed by atoms with Crippen molar-refractivity contribution in [1.82, 2.24) is 9.47 Å². The molecule has 0 atom stereocenters. The molecule has 0 saturated heterocycles. The van der Waals surface area contributed by atoms with E-state index in [9.17, 15) is 9.59 Å². The van der Waals surface area contributed by atoms with Gasteiger partial charge in [0.1, 0.15) is 0 Å². The van der Waals surface area contributed by atoms with Gasteiger partial charge in [0, 0.05) is 33.6 Å². The quantitative estimate of drug-likeness (QED) is 0.867. The minimum absolute atomic E-state index is 0.00267. The Bertz CT molecular complexity index is 657. The van der Waals surface area contributed by atoms with E-state index in [0.29, 0.717) is 25.1 Å². The van der Waals surface area contributed by atoms with Gasteiger partial charge in [0.25, 0.3) is 0 Å². The highest BCUT2D eigenvalue weighted by atomic mass is 16.4. The molecule has 2 aromatic rings. The minimum Gasteiger partial charge on any atom is -0.408 e. The second-order valence-corrected chi connectivity index (χ2v) is 4.52. The molecule has 0 bridgehead atoms. The van der Waals surface area contributed by atoms with Gasteiger partial charge >= 0.3 is 5.76 Å². The van der Waals surface area contributed by atoms with Gasteiger partial charge in [-0.25, -0.2) is 4.79 Å². The third-order valence-corrected chi connectivity index (χ3v) is 3.06. The van der Waals surface area contributed by atoms with E-state index in [-0.39, 0.29) is 11.7 Å². The largest absolute Gasteiger partial charge is 0.419 e. The number of amides is 1. The molecule has 0 radical (unpaired) electrons. The summed E-state index contributed by atoms with van der Waals surface area (Å²) in [6.07, 6.45) is 0.333. The number of nitrogens with zero attached hydrogens (tertiary/aromatic N) is 2. The molecule has 0 aliphatic rings. The molecule has 6 heteroatoms. The standard InChI is InChI=1S/C13H17N3O3/c1-15(12(17)5-6-14)8-9-3-4-10-11(7-9)19-13(18)16(10)2/h3-4,7H,5-6,8,14H2,1-2H3. The molecule has 0 aliphatic heterocycles. The molecule has 2 N–H and O–H groups in total. The number of benzene rings is 1. The van der Waals surface area contributed by atoms with Crippen molar-refractivity contribution in [3.63, 3.8) is 0 Å². The molecule has 2 rings (SSSR count). The number of fused-ring (bicyclic) bond motifs is 1. The van der Waals surface area contributed by atoms with Gasteiger partial charge < -0.3 is 15.1 Å². The molecular weight excluding hydrogens is 246 g/mol. The van der Waals surface area contributed by atoms with E-state index in [1.807, 2.05) is 12.1 Å². The normalized spacial score (nSPS) is 10.9. The zero-order chi connectivity index (χ0) is 14.0. The van der Waals surface area contributed by atoms with Crippen molar-refractivity contribution in [2.45, 2.75) is 13.0 Å². The van der Waals surface area contributed by atoms with Crippen molar-refractivity contribution in [2.24, 2.45) is 12.8 Å². The molecule has 0 fully saturated rings. The van der Waals surface area contributed by atoms with Gasteiger partial charge in [-0.05, 0) is 17.7 Å². The zero-order valence-electron chi connectivity index (χ0n) is 11.0. The second-order valence-electron chi connectivity index (χ2n) is 4.52. The highest BCUT2D eigenvalue weighted by Crippen LogP contribution is 2.15. The van der Waals surface area contributed by atoms with Crippen LogP contribution in [-0.2, 0) is 18.4 Å². The predicted molar refractivity (Wildman–Crippen MR) is 71.6 cm³/mol. The monoisotopic (exact) mass is 263 g/mol. The van der Waals surface area contributed by atoms with Crippen LogP contribution in [0.2, 0.25) is 0 Å². The number of rotatable bonds is 4. The summed E-state index contributed by atoms with van der Waals surface area (Å²) < 4.78 is 6.56. The number of nitrogens with two attached hydrogens (primary N) is 1. The number of aryl methyl sites for hydroxylation is 1. The maximum absolute atomic E-state index is 11.6. The molecule has 19 heavy (non-hydrogen) atoms. The average molecular weight is 263 g/mol. The lowest BCUT2D eigenvalue weighted by atomic mass is 10.2. The highest BCUT2D eigenvalue weighted by Gasteiger charge is 2.10. The van der Waals surface area contributed by atoms with Gasteiger partial charge in [-0.2, -0.15) is 0 Å². The Morgan fingerprint density at radius 2 is 2.21 bits per heavy atom. The van der Waals surface area contributed by atoms with Crippen molar-refractivity contribution < 1.29 is 9.21 Å². The lowest BCUT2D eigenvalue weighted by molar-refractivity contribution is -0.130. The van der Waals surface area contributed by atoms with E-state index in [4.69, 9.17) is 10.2 Å². The van der Waals surface area contributed by atoms with Gasteiger partial charge in [-0.15, -0.1) is 0 Å². The van der Waals surface area contributed by atoms with Crippen LogP contribution in [0.3, 0.4) is 0 Å². The average Bonchev–Trinajstić information content (AvgIpc) is 2.65. The molecule has 1 aromatic heterocycles. The molecule has 6 nitrogen and oxygen atoms in total. The van der Waals surface area contributed by atoms with Gasteiger partial charge in [-0.1, -0.05) is 6.07 Å². The first-order valence-corrected chi connectivity index (χ1v) is 6.05. The fourth-order valence-corrected chi connectivity index (χ4v) is 1.95. The van der Waals surface area contributed by atoms with E-state index in [1.165, 1.54) is 4.57 Å². The first-order valence-electron chi connectivity index (χ1n) is 6.05. The molecule has 0 saturated carbocycles. The van der Waals surface area contributed by atoms with E-state index in [2.05, 4.69) is 0 Å². The molecule has 0 aliphatic carbocycles. The summed E-state index contributed by atoms with van der Waals surface area (Å²) in [4.78, 5) is 24.6. The molecule has 102 valence electrons. The Morgan fingerprint density at radius 1 is 1.47 bits per heavy atom. The Morgan fingerprint density at radius 3 is 2.89 bits per heavy atom. The maximum atomic E-state index is 11.6. The molecule has 0 unspecified atom stereocenters. The SMILES string of the molecule is CN(Cc1ccc2c(c1)oc(=O)n2C)C(=O)CCN. The van der Waals surface area contributed by atoms with Crippen LogP contribution in [-0.4, -0.2) is 29.0 Å². The number of oxazole rings is 1. The van der Waals surface area contributed by atoms with Crippen molar-refractivity contribution in [3.05, 3.63) is 34.3 Å². The summed E-state index contributed by atoms with van der Waals surface area (Å²) >= 11 is 0.